The van der Waals surface area contributed by atoms with E-state index in [4.69, 9.17) is 5.73 Å². The van der Waals surface area contributed by atoms with Crippen LogP contribution in [-0.4, -0.2) is 6.54 Å². The summed E-state index contributed by atoms with van der Waals surface area (Å²) in [6.07, 6.45) is 7.29. The third-order valence-corrected chi connectivity index (χ3v) is 3.77. The van der Waals surface area contributed by atoms with Crippen LogP contribution in [0.2, 0.25) is 0 Å². The molecule has 0 aliphatic heterocycles. The molecular formula is C10H19N. The molecule has 2 N–H and O–H groups in total. The van der Waals surface area contributed by atoms with Crippen LogP contribution in [0, 0.1) is 17.3 Å². The highest BCUT2D eigenvalue weighted by atomic mass is 14.7. The van der Waals surface area contributed by atoms with Gasteiger partial charge in [0.1, 0.15) is 0 Å². The molecule has 2 fully saturated rings. The molecule has 3 atom stereocenters. The quantitative estimate of drug-likeness (QED) is 0.614. The maximum atomic E-state index is 5.68. The van der Waals surface area contributed by atoms with E-state index in [1.807, 2.05) is 0 Å². The first-order chi connectivity index (χ1) is 5.27. The maximum absolute atomic E-state index is 5.68. The second-order valence-electron chi connectivity index (χ2n) is 4.70. The highest BCUT2D eigenvalue weighted by Crippen LogP contribution is 2.61. The van der Waals surface area contributed by atoms with Crippen LogP contribution < -0.4 is 5.73 Å². The van der Waals surface area contributed by atoms with Gasteiger partial charge in [-0.3, -0.25) is 0 Å². The molecule has 2 rings (SSSR count). The lowest BCUT2D eigenvalue weighted by Gasteiger charge is -2.27. The minimum Gasteiger partial charge on any atom is -0.330 e. The lowest BCUT2D eigenvalue weighted by atomic mass is 9.78. The molecular weight excluding hydrogens is 134 g/mol. The van der Waals surface area contributed by atoms with Gasteiger partial charge in [0.05, 0.1) is 0 Å². The lowest BCUT2D eigenvalue weighted by Crippen LogP contribution is -2.18. The Morgan fingerprint density at radius 3 is 2.82 bits per heavy atom. The Morgan fingerprint density at radius 2 is 2.27 bits per heavy atom. The van der Waals surface area contributed by atoms with Crippen molar-refractivity contribution in [3.8, 4) is 0 Å². The Kier molecular flexibility index (Phi) is 1.71. The standard InChI is InChI=1S/C10H19N/c1-8-3-2-4-10(5-8)6-9(10)7-11/h8-9H,2-7,11H2,1H3. The first-order valence-corrected chi connectivity index (χ1v) is 4.97. The third kappa shape index (κ3) is 1.20. The topological polar surface area (TPSA) is 26.0 Å². The van der Waals surface area contributed by atoms with E-state index < -0.39 is 0 Å². The van der Waals surface area contributed by atoms with E-state index in [9.17, 15) is 0 Å². The lowest BCUT2D eigenvalue weighted by molar-refractivity contribution is 0.244. The van der Waals surface area contributed by atoms with Gasteiger partial charge in [0.25, 0.3) is 0 Å². The molecule has 2 aliphatic rings. The molecule has 1 heteroatoms. The van der Waals surface area contributed by atoms with Crippen LogP contribution in [-0.2, 0) is 0 Å². The van der Waals surface area contributed by atoms with Gasteiger partial charge in [-0.2, -0.15) is 0 Å². The summed E-state index contributed by atoms with van der Waals surface area (Å²) in [6.45, 7) is 3.33. The molecule has 2 aliphatic carbocycles. The van der Waals surface area contributed by atoms with E-state index in [1.165, 1.54) is 32.1 Å². The summed E-state index contributed by atoms with van der Waals surface area (Å²) >= 11 is 0. The Labute approximate surface area is 69.4 Å². The Hall–Kier alpha value is -0.0400. The van der Waals surface area contributed by atoms with Crippen molar-refractivity contribution in [2.75, 3.05) is 6.54 Å². The van der Waals surface area contributed by atoms with Crippen LogP contribution in [0.3, 0.4) is 0 Å². The Bertz CT molecular complexity index is 155. The molecule has 0 saturated heterocycles. The summed E-state index contributed by atoms with van der Waals surface area (Å²) in [5, 5.41) is 0. The number of hydrogen-bond donors (Lipinski definition) is 1. The van der Waals surface area contributed by atoms with Gasteiger partial charge in [-0.15, -0.1) is 0 Å². The fourth-order valence-corrected chi connectivity index (χ4v) is 3.02. The highest BCUT2D eigenvalue weighted by molar-refractivity contribution is 5.04. The molecule has 0 aromatic carbocycles. The monoisotopic (exact) mass is 153 g/mol. The average Bonchev–Trinajstić information content (AvgIpc) is 2.63. The zero-order chi connectivity index (χ0) is 7.90. The van der Waals surface area contributed by atoms with Gasteiger partial charge in [-0.25, -0.2) is 0 Å². The van der Waals surface area contributed by atoms with Crippen LogP contribution in [0.15, 0.2) is 0 Å². The normalized spacial score (nSPS) is 49.6. The minimum absolute atomic E-state index is 0.742. The molecule has 2 saturated carbocycles. The van der Waals surface area contributed by atoms with Crippen LogP contribution in [0.4, 0.5) is 0 Å². The molecule has 0 bridgehead atoms. The zero-order valence-electron chi connectivity index (χ0n) is 7.47. The van der Waals surface area contributed by atoms with Crippen molar-refractivity contribution in [1.29, 1.82) is 0 Å². The summed E-state index contributed by atoms with van der Waals surface area (Å²) in [5.74, 6) is 1.87. The zero-order valence-corrected chi connectivity index (χ0v) is 7.47. The van der Waals surface area contributed by atoms with Crippen LogP contribution in [0.5, 0.6) is 0 Å². The smallest absolute Gasteiger partial charge is 0.00433 e. The van der Waals surface area contributed by atoms with Crippen LogP contribution in [0.25, 0.3) is 0 Å². The molecule has 1 spiro atoms. The van der Waals surface area contributed by atoms with Gasteiger partial charge in [-0.05, 0) is 43.1 Å². The van der Waals surface area contributed by atoms with Gasteiger partial charge in [-0.1, -0.05) is 19.8 Å². The van der Waals surface area contributed by atoms with E-state index in [-0.39, 0.29) is 0 Å². The van der Waals surface area contributed by atoms with E-state index in [0.29, 0.717) is 0 Å². The van der Waals surface area contributed by atoms with Gasteiger partial charge in [0.2, 0.25) is 0 Å². The summed E-state index contributed by atoms with van der Waals surface area (Å²) in [5.41, 5.74) is 6.43. The number of rotatable bonds is 1. The summed E-state index contributed by atoms with van der Waals surface area (Å²) in [7, 11) is 0. The average molecular weight is 153 g/mol. The van der Waals surface area contributed by atoms with Crippen molar-refractivity contribution >= 4 is 0 Å². The Balaban J connectivity index is 1.95. The van der Waals surface area contributed by atoms with Gasteiger partial charge < -0.3 is 5.73 Å². The number of nitrogens with two attached hydrogens (primary N) is 1. The SMILES string of the molecule is CC1CCCC2(C1)CC2CN. The van der Waals surface area contributed by atoms with E-state index in [2.05, 4.69) is 6.92 Å². The fourth-order valence-electron chi connectivity index (χ4n) is 3.02. The predicted molar refractivity (Wildman–Crippen MR) is 47.2 cm³/mol. The largest absolute Gasteiger partial charge is 0.330 e. The van der Waals surface area contributed by atoms with Crippen molar-refractivity contribution in [2.24, 2.45) is 23.0 Å². The van der Waals surface area contributed by atoms with Gasteiger partial charge in [0.15, 0.2) is 0 Å². The highest BCUT2D eigenvalue weighted by Gasteiger charge is 2.53. The van der Waals surface area contributed by atoms with E-state index in [0.717, 1.165) is 23.8 Å². The maximum Gasteiger partial charge on any atom is -0.00433 e. The van der Waals surface area contributed by atoms with Crippen molar-refractivity contribution in [3.05, 3.63) is 0 Å². The van der Waals surface area contributed by atoms with Crippen LogP contribution in [0.1, 0.15) is 39.0 Å². The fraction of sp³-hybridized carbons (Fsp3) is 1.00. The van der Waals surface area contributed by atoms with Crippen molar-refractivity contribution in [3.63, 3.8) is 0 Å². The van der Waals surface area contributed by atoms with Gasteiger partial charge in [0, 0.05) is 0 Å². The second kappa shape index (κ2) is 2.48. The predicted octanol–water partition coefficient (Wildman–Crippen LogP) is 2.16. The first kappa shape index (κ1) is 7.60. The third-order valence-electron chi connectivity index (χ3n) is 3.77. The van der Waals surface area contributed by atoms with E-state index >= 15 is 0 Å². The van der Waals surface area contributed by atoms with Crippen molar-refractivity contribution < 1.29 is 0 Å². The van der Waals surface area contributed by atoms with Crippen LogP contribution >= 0.6 is 0 Å². The second-order valence-corrected chi connectivity index (χ2v) is 4.70. The summed E-state index contributed by atoms with van der Waals surface area (Å²) < 4.78 is 0. The molecule has 11 heavy (non-hydrogen) atoms. The molecule has 1 nitrogen and oxygen atoms in total. The molecule has 0 aromatic heterocycles. The van der Waals surface area contributed by atoms with E-state index in [1.54, 1.807) is 0 Å². The first-order valence-electron chi connectivity index (χ1n) is 4.97. The minimum atomic E-state index is 0.742. The van der Waals surface area contributed by atoms with Crippen molar-refractivity contribution in [2.45, 2.75) is 39.0 Å². The molecule has 0 aromatic rings. The molecule has 0 heterocycles. The molecule has 64 valence electrons. The summed E-state index contributed by atoms with van der Waals surface area (Å²) in [4.78, 5) is 0. The molecule has 0 radical (unpaired) electrons. The summed E-state index contributed by atoms with van der Waals surface area (Å²) in [6, 6.07) is 0. The molecule has 0 amide bonds. The Morgan fingerprint density at radius 1 is 1.45 bits per heavy atom. The van der Waals surface area contributed by atoms with Gasteiger partial charge >= 0.3 is 0 Å². The van der Waals surface area contributed by atoms with Crippen molar-refractivity contribution in [1.82, 2.24) is 0 Å². The molecule has 3 unspecified atom stereocenters. The number of hydrogen-bond acceptors (Lipinski definition) is 1.